The molecule has 0 aliphatic carbocycles. The number of hydrogen-bond donors (Lipinski definition) is 1. The van der Waals surface area contributed by atoms with Gasteiger partial charge in [0.25, 0.3) is 15.5 Å². The van der Waals surface area contributed by atoms with Crippen molar-refractivity contribution in [2.75, 3.05) is 5.73 Å². The molecule has 0 fully saturated rings. The van der Waals surface area contributed by atoms with Gasteiger partial charge in [0.1, 0.15) is 5.82 Å². The number of nitrogen functional groups attached to an aromatic ring is 1. The van der Waals surface area contributed by atoms with Crippen molar-refractivity contribution in [3.8, 4) is 0 Å². The lowest BCUT2D eigenvalue weighted by Gasteiger charge is -2.08. The molecule has 0 spiro atoms. The summed E-state index contributed by atoms with van der Waals surface area (Å²) in [6.07, 6.45) is -2.97. The summed E-state index contributed by atoms with van der Waals surface area (Å²) < 4.78 is 46.8. The van der Waals surface area contributed by atoms with E-state index in [0.717, 1.165) is 6.07 Å². The molecule has 0 aromatic carbocycles. The van der Waals surface area contributed by atoms with Gasteiger partial charge < -0.3 is 5.73 Å². The number of anilines is 1. The molecular weight excluding hydrogens is 250 g/mol. The van der Waals surface area contributed by atoms with E-state index in [-0.39, 0.29) is 11.4 Å². The summed E-state index contributed by atoms with van der Waals surface area (Å²) in [5.41, 5.74) is 4.84. The maximum Gasteiger partial charge on any atom is 0.279 e. The summed E-state index contributed by atoms with van der Waals surface area (Å²) in [6.45, 7) is 1.44. The topological polar surface area (TPSA) is 73.0 Å². The van der Waals surface area contributed by atoms with Crippen LogP contribution in [-0.4, -0.2) is 13.4 Å². The fraction of sp³-hybridized carbons (Fsp3) is 0.286. The smallest absolute Gasteiger partial charge is 0.279 e. The lowest BCUT2D eigenvalue weighted by molar-refractivity contribution is 0.147. The quantitative estimate of drug-likeness (QED) is 0.820. The Morgan fingerprint density at radius 3 is 2.47 bits per heavy atom. The summed E-state index contributed by atoms with van der Waals surface area (Å²) in [5, 5.41) is -0.887. The highest BCUT2D eigenvalue weighted by atomic mass is 35.7. The zero-order valence-electron chi connectivity index (χ0n) is 7.54. The summed E-state index contributed by atoms with van der Waals surface area (Å²) >= 11 is 0. The molecule has 0 saturated heterocycles. The van der Waals surface area contributed by atoms with Crippen molar-refractivity contribution in [1.29, 1.82) is 0 Å². The highest BCUT2D eigenvalue weighted by Gasteiger charge is 2.24. The van der Waals surface area contributed by atoms with Gasteiger partial charge in [0.15, 0.2) is 5.03 Å². The van der Waals surface area contributed by atoms with Gasteiger partial charge in [-0.15, -0.1) is 0 Å². The number of nitrogens with zero attached hydrogens (tertiary/aromatic N) is 1. The largest absolute Gasteiger partial charge is 0.383 e. The second kappa shape index (κ2) is 3.90. The minimum Gasteiger partial charge on any atom is -0.383 e. The Hall–Kier alpha value is -0.950. The Balaban J connectivity index is 3.56. The lowest BCUT2D eigenvalue weighted by Crippen LogP contribution is -2.06. The first kappa shape index (κ1) is 12.1. The number of hydrogen-bond acceptors (Lipinski definition) is 4. The molecule has 0 atom stereocenters. The maximum atomic E-state index is 12.5. The number of alkyl halides is 2. The zero-order valence-corrected chi connectivity index (χ0v) is 9.11. The van der Waals surface area contributed by atoms with Crippen molar-refractivity contribution in [1.82, 2.24) is 4.98 Å². The van der Waals surface area contributed by atoms with E-state index in [2.05, 4.69) is 4.98 Å². The average molecular weight is 257 g/mol. The van der Waals surface area contributed by atoms with Crippen LogP contribution in [0, 0.1) is 6.92 Å². The molecule has 1 aromatic heterocycles. The SMILES string of the molecule is Cc1cc(C(F)F)c(S(=O)(=O)Cl)nc1N. The molecule has 0 amide bonds. The van der Waals surface area contributed by atoms with Crippen LogP contribution >= 0.6 is 10.7 Å². The third-order valence-electron chi connectivity index (χ3n) is 1.71. The van der Waals surface area contributed by atoms with Gasteiger partial charge in [-0.05, 0) is 18.6 Å². The Kier molecular flexibility index (Phi) is 3.15. The molecule has 1 aromatic rings. The minimum atomic E-state index is -4.32. The summed E-state index contributed by atoms with van der Waals surface area (Å²) in [4.78, 5) is 3.34. The first-order valence-electron chi connectivity index (χ1n) is 3.73. The molecule has 0 aliphatic heterocycles. The third-order valence-corrected chi connectivity index (χ3v) is 2.94. The van der Waals surface area contributed by atoms with Crippen LogP contribution in [0.3, 0.4) is 0 Å². The summed E-state index contributed by atoms with van der Waals surface area (Å²) in [6, 6.07) is 0.961. The van der Waals surface area contributed by atoms with E-state index in [4.69, 9.17) is 16.4 Å². The van der Waals surface area contributed by atoms with Crippen LogP contribution in [0.2, 0.25) is 0 Å². The van der Waals surface area contributed by atoms with Crippen molar-refractivity contribution in [2.45, 2.75) is 18.4 Å². The Bertz CT molecular complexity index is 490. The van der Waals surface area contributed by atoms with Crippen LogP contribution in [0.1, 0.15) is 17.6 Å². The summed E-state index contributed by atoms with van der Waals surface area (Å²) in [7, 11) is 0.636. The first-order valence-corrected chi connectivity index (χ1v) is 6.04. The van der Waals surface area contributed by atoms with Gasteiger partial charge in [-0.2, -0.15) is 0 Å². The van der Waals surface area contributed by atoms with Crippen LogP contribution < -0.4 is 5.73 Å². The second-order valence-electron chi connectivity index (χ2n) is 2.82. The van der Waals surface area contributed by atoms with Gasteiger partial charge in [-0.25, -0.2) is 22.2 Å². The summed E-state index contributed by atoms with van der Waals surface area (Å²) in [5.74, 6) is -0.140. The third kappa shape index (κ3) is 2.54. The molecule has 84 valence electrons. The number of aromatic nitrogens is 1. The molecule has 0 aliphatic rings. The van der Waals surface area contributed by atoms with Crippen molar-refractivity contribution in [3.05, 3.63) is 17.2 Å². The molecule has 15 heavy (non-hydrogen) atoms. The molecule has 0 bridgehead atoms. The van der Waals surface area contributed by atoms with Gasteiger partial charge in [-0.1, -0.05) is 0 Å². The number of aryl methyl sites for hydroxylation is 1. The van der Waals surface area contributed by atoms with Crippen molar-refractivity contribution in [2.24, 2.45) is 0 Å². The van der Waals surface area contributed by atoms with Crippen molar-refractivity contribution >= 4 is 25.6 Å². The van der Waals surface area contributed by atoms with Crippen LogP contribution in [0.4, 0.5) is 14.6 Å². The van der Waals surface area contributed by atoms with Crippen molar-refractivity contribution in [3.63, 3.8) is 0 Å². The molecule has 0 radical (unpaired) electrons. The highest BCUT2D eigenvalue weighted by molar-refractivity contribution is 8.13. The molecule has 2 N–H and O–H groups in total. The number of pyridine rings is 1. The number of halogens is 3. The molecule has 4 nitrogen and oxygen atoms in total. The van der Waals surface area contributed by atoms with E-state index >= 15 is 0 Å². The van der Waals surface area contributed by atoms with Crippen LogP contribution in [-0.2, 0) is 9.05 Å². The molecule has 0 saturated carbocycles. The van der Waals surface area contributed by atoms with E-state index in [1.165, 1.54) is 6.92 Å². The first-order chi connectivity index (χ1) is 6.73. The monoisotopic (exact) mass is 256 g/mol. The van der Waals surface area contributed by atoms with Crippen molar-refractivity contribution < 1.29 is 17.2 Å². The van der Waals surface area contributed by atoms with E-state index in [0.29, 0.717) is 0 Å². The predicted octanol–water partition coefficient (Wildman–Crippen LogP) is 1.84. The van der Waals surface area contributed by atoms with E-state index in [9.17, 15) is 17.2 Å². The standard InChI is InChI=1S/C7H7ClF2N2O2S/c1-3-2-4(5(9)10)7(12-6(3)11)15(8,13)14/h2,5H,1H3,(H2,11,12). The van der Waals surface area contributed by atoms with Gasteiger partial charge in [-0.3, -0.25) is 0 Å². The molecular formula is C7H7ClF2N2O2S. The molecule has 1 rings (SSSR count). The Morgan fingerprint density at radius 1 is 1.53 bits per heavy atom. The van der Waals surface area contributed by atoms with Gasteiger partial charge in [0, 0.05) is 10.7 Å². The normalized spacial score (nSPS) is 12.1. The zero-order chi connectivity index (χ0) is 11.8. The average Bonchev–Trinajstić information content (AvgIpc) is 2.06. The van der Waals surface area contributed by atoms with Gasteiger partial charge in [0.05, 0.1) is 5.56 Å². The second-order valence-corrected chi connectivity index (χ2v) is 5.30. The predicted molar refractivity (Wildman–Crippen MR) is 51.4 cm³/mol. The Morgan fingerprint density at radius 2 is 2.07 bits per heavy atom. The molecule has 0 unspecified atom stereocenters. The lowest BCUT2D eigenvalue weighted by atomic mass is 10.2. The maximum absolute atomic E-state index is 12.5. The van der Waals surface area contributed by atoms with E-state index in [1.54, 1.807) is 0 Å². The van der Waals surface area contributed by atoms with Crippen LogP contribution in [0.5, 0.6) is 0 Å². The molecule has 1 heterocycles. The van der Waals surface area contributed by atoms with Crippen LogP contribution in [0.15, 0.2) is 11.1 Å². The highest BCUT2D eigenvalue weighted by Crippen LogP contribution is 2.29. The van der Waals surface area contributed by atoms with E-state index in [1.807, 2.05) is 0 Å². The number of nitrogens with two attached hydrogens (primary N) is 1. The fourth-order valence-electron chi connectivity index (χ4n) is 0.983. The Labute approximate surface area is 89.5 Å². The molecule has 8 heteroatoms. The fourth-order valence-corrected chi connectivity index (χ4v) is 1.99. The van der Waals surface area contributed by atoms with Crippen LogP contribution in [0.25, 0.3) is 0 Å². The minimum absolute atomic E-state index is 0.140. The van der Waals surface area contributed by atoms with Gasteiger partial charge in [0.2, 0.25) is 0 Å². The number of rotatable bonds is 2. The van der Waals surface area contributed by atoms with Gasteiger partial charge >= 0.3 is 0 Å². The van der Waals surface area contributed by atoms with E-state index < -0.39 is 26.1 Å².